The maximum atomic E-state index is 12.7. The van der Waals surface area contributed by atoms with E-state index in [9.17, 15) is 14.7 Å². The lowest BCUT2D eigenvalue weighted by atomic mass is 9.71. The molecule has 3 rings (SSSR count). The Morgan fingerprint density at radius 2 is 2.45 bits per heavy atom. The minimum Gasteiger partial charge on any atom is -0.448 e. The van der Waals surface area contributed by atoms with E-state index in [-0.39, 0.29) is 18.4 Å². The summed E-state index contributed by atoms with van der Waals surface area (Å²) >= 11 is 0. The van der Waals surface area contributed by atoms with Crippen molar-refractivity contribution in [3.8, 4) is 0 Å². The van der Waals surface area contributed by atoms with Crippen LogP contribution in [0.25, 0.3) is 0 Å². The fourth-order valence-electron chi connectivity index (χ4n) is 3.46. The molecule has 0 aliphatic carbocycles. The SMILES string of the molecule is CCc1ocnc1C(=O)N1CC[C@@H](O)[C@@]2(CCCNC2=O)C1. The number of aliphatic hydroxyl groups excluding tert-OH is 1. The standard InChI is InChI=1S/C15H21N3O4/c1-2-10-12(17-9-22-10)13(20)18-7-4-11(19)15(8-18)5-3-6-16-14(15)21/h9,11,19H,2-8H2,1H3,(H,16,21)/t11-,15-/m1/s1. The van der Waals surface area contributed by atoms with Crippen molar-refractivity contribution in [3.05, 3.63) is 17.8 Å². The van der Waals surface area contributed by atoms with Crippen LogP contribution in [0, 0.1) is 5.41 Å². The molecule has 22 heavy (non-hydrogen) atoms. The van der Waals surface area contributed by atoms with Crippen LogP contribution in [0.2, 0.25) is 0 Å². The van der Waals surface area contributed by atoms with Gasteiger partial charge in [0, 0.05) is 26.1 Å². The Bertz CT molecular complexity index is 585. The van der Waals surface area contributed by atoms with Crippen LogP contribution in [-0.2, 0) is 11.2 Å². The second-order valence-electron chi connectivity index (χ2n) is 6.02. The number of aromatic nitrogens is 1. The number of nitrogens with zero attached hydrogens (tertiary/aromatic N) is 2. The highest BCUT2D eigenvalue weighted by atomic mass is 16.3. The lowest BCUT2D eigenvalue weighted by Gasteiger charge is -2.46. The molecule has 1 aromatic rings. The van der Waals surface area contributed by atoms with Crippen molar-refractivity contribution in [1.29, 1.82) is 0 Å². The molecule has 3 heterocycles. The third kappa shape index (κ3) is 2.29. The Balaban J connectivity index is 1.84. The minimum absolute atomic E-state index is 0.153. The summed E-state index contributed by atoms with van der Waals surface area (Å²) in [6, 6.07) is 0. The topological polar surface area (TPSA) is 95.7 Å². The van der Waals surface area contributed by atoms with Crippen molar-refractivity contribution < 1.29 is 19.1 Å². The third-order valence-corrected chi connectivity index (χ3v) is 4.77. The molecule has 2 fully saturated rings. The van der Waals surface area contributed by atoms with Gasteiger partial charge in [0.25, 0.3) is 5.91 Å². The molecule has 0 radical (unpaired) electrons. The van der Waals surface area contributed by atoms with Gasteiger partial charge in [-0.1, -0.05) is 6.92 Å². The highest BCUT2D eigenvalue weighted by Gasteiger charge is 2.50. The van der Waals surface area contributed by atoms with E-state index in [4.69, 9.17) is 4.42 Å². The molecule has 120 valence electrons. The monoisotopic (exact) mass is 307 g/mol. The quantitative estimate of drug-likeness (QED) is 0.821. The van der Waals surface area contributed by atoms with E-state index in [0.717, 1.165) is 6.42 Å². The van der Waals surface area contributed by atoms with Crippen molar-refractivity contribution in [2.75, 3.05) is 19.6 Å². The molecule has 7 nitrogen and oxygen atoms in total. The molecule has 7 heteroatoms. The fourth-order valence-corrected chi connectivity index (χ4v) is 3.46. The molecule has 1 spiro atoms. The Labute approximate surface area is 128 Å². The van der Waals surface area contributed by atoms with Crippen molar-refractivity contribution in [1.82, 2.24) is 15.2 Å². The first kappa shape index (κ1) is 15.0. The Morgan fingerprint density at radius 1 is 1.64 bits per heavy atom. The number of hydrogen-bond donors (Lipinski definition) is 2. The lowest BCUT2D eigenvalue weighted by Crippen LogP contribution is -2.62. The van der Waals surface area contributed by atoms with Crippen molar-refractivity contribution in [2.24, 2.45) is 5.41 Å². The van der Waals surface area contributed by atoms with Crippen molar-refractivity contribution in [2.45, 2.75) is 38.7 Å². The highest BCUT2D eigenvalue weighted by molar-refractivity contribution is 5.94. The van der Waals surface area contributed by atoms with Gasteiger partial charge in [-0.05, 0) is 19.3 Å². The molecule has 0 unspecified atom stereocenters. The number of oxazole rings is 1. The van der Waals surface area contributed by atoms with Gasteiger partial charge in [-0.25, -0.2) is 4.98 Å². The minimum atomic E-state index is -0.887. The predicted molar refractivity (Wildman–Crippen MR) is 77.1 cm³/mol. The summed E-state index contributed by atoms with van der Waals surface area (Å²) in [7, 11) is 0. The van der Waals surface area contributed by atoms with Crippen LogP contribution in [0.4, 0.5) is 0 Å². The van der Waals surface area contributed by atoms with Crippen LogP contribution < -0.4 is 5.32 Å². The second-order valence-corrected chi connectivity index (χ2v) is 6.02. The van der Waals surface area contributed by atoms with Crippen LogP contribution >= 0.6 is 0 Å². The molecule has 2 N–H and O–H groups in total. The Kier molecular flexibility index (Phi) is 3.90. The van der Waals surface area contributed by atoms with Gasteiger partial charge >= 0.3 is 0 Å². The molecule has 2 aliphatic rings. The molecule has 0 aromatic carbocycles. The second kappa shape index (κ2) is 5.72. The number of piperidine rings is 2. The van der Waals surface area contributed by atoms with Crippen LogP contribution in [0.5, 0.6) is 0 Å². The number of aliphatic hydroxyl groups is 1. The number of amides is 2. The summed E-state index contributed by atoms with van der Waals surface area (Å²) in [5.41, 5.74) is -0.576. The number of carbonyl (C=O) groups excluding carboxylic acids is 2. The zero-order chi connectivity index (χ0) is 15.7. The van der Waals surface area contributed by atoms with Crippen LogP contribution in [0.15, 0.2) is 10.8 Å². The van der Waals surface area contributed by atoms with E-state index in [1.54, 1.807) is 4.90 Å². The van der Waals surface area contributed by atoms with E-state index >= 15 is 0 Å². The van der Waals surface area contributed by atoms with Gasteiger partial charge in [0.05, 0.1) is 11.5 Å². The maximum Gasteiger partial charge on any atom is 0.276 e. The molecular weight excluding hydrogens is 286 g/mol. The average molecular weight is 307 g/mol. The number of carbonyl (C=O) groups is 2. The number of likely N-dealkylation sites (tertiary alicyclic amines) is 1. The molecule has 0 bridgehead atoms. The maximum absolute atomic E-state index is 12.7. The summed E-state index contributed by atoms with van der Waals surface area (Å²) < 4.78 is 5.22. The first-order chi connectivity index (χ1) is 10.6. The summed E-state index contributed by atoms with van der Waals surface area (Å²) in [5, 5.41) is 13.2. The Hall–Kier alpha value is -1.89. The predicted octanol–water partition coefficient (Wildman–Crippen LogP) is 0.340. The highest BCUT2D eigenvalue weighted by Crippen LogP contribution is 2.37. The van der Waals surface area contributed by atoms with Gasteiger partial charge in [-0.3, -0.25) is 9.59 Å². The average Bonchev–Trinajstić information content (AvgIpc) is 3.00. The van der Waals surface area contributed by atoms with Crippen LogP contribution in [0.3, 0.4) is 0 Å². The number of rotatable bonds is 2. The largest absolute Gasteiger partial charge is 0.448 e. The number of nitrogens with one attached hydrogen (secondary N) is 1. The Morgan fingerprint density at radius 3 is 3.18 bits per heavy atom. The van der Waals surface area contributed by atoms with E-state index in [1.807, 2.05) is 6.92 Å². The molecule has 2 amide bonds. The van der Waals surface area contributed by atoms with Crippen LogP contribution in [0.1, 0.15) is 42.4 Å². The molecule has 1 aromatic heterocycles. The van der Waals surface area contributed by atoms with E-state index in [0.29, 0.717) is 43.8 Å². The van der Waals surface area contributed by atoms with Crippen LogP contribution in [-0.4, -0.2) is 52.5 Å². The van der Waals surface area contributed by atoms with Crippen molar-refractivity contribution in [3.63, 3.8) is 0 Å². The van der Waals surface area contributed by atoms with Gasteiger partial charge in [0.1, 0.15) is 5.76 Å². The molecule has 0 saturated carbocycles. The number of hydrogen-bond acceptors (Lipinski definition) is 5. The van der Waals surface area contributed by atoms with E-state index in [2.05, 4.69) is 10.3 Å². The molecular formula is C15H21N3O4. The lowest BCUT2D eigenvalue weighted by molar-refractivity contribution is -0.147. The zero-order valence-electron chi connectivity index (χ0n) is 12.7. The number of aryl methyl sites for hydroxylation is 1. The molecule has 2 aliphatic heterocycles. The zero-order valence-corrected chi connectivity index (χ0v) is 12.7. The van der Waals surface area contributed by atoms with Crippen molar-refractivity contribution >= 4 is 11.8 Å². The molecule has 2 atom stereocenters. The molecule has 2 saturated heterocycles. The van der Waals surface area contributed by atoms with Gasteiger partial charge in [0.2, 0.25) is 5.91 Å². The van der Waals surface area contributed by atoms with Gasteiger partial charge in [-0.15, -0.1) is 0 Å². The first-order valence-electron chi connectivity index (χ1n) is 7.76. The van der Waals surface area contributed by atoms with Gasteiger partial charge < -0.3 is 19.7 Å². The fraction of sp³-hybridized carbons (Fsp3) is 0.667. The normalized spacial score (nSPS) is 28.7. The van der Waals surface area contributed by atoms with Gasteiger partial charge in [-0.2, -0.15) is 0 Å². The smallest absolute Gasteiger partial charge is 0.276 e. The first-order valence-corrected chi connectivity index (χ1v) is 7.76. The van der Waals surface area contributed by atoms with E-state index in [1.165, 1.54) is 6.39 Å². The summed E-state index contributed by atoms with van der Waals surface area (Å²) in [4.78, 5) is 30.6. The van der Waals surface area contributed by atoms with Gasteiger partial charge in [0.15, 0.2) is 12.1 Å². The summed E-state index contributed by atoms with van der Waals surface area (Å²) in [6.45, 7) is 3.18. The van der Waals surface area contributed by atoms with E-state index < -0.39 is 11.5 Å². The summed E-state index contributed by atoms with van der Waals surface area (Å²) in [6.07, 6.45) is 2.97. The third-order valence-electron chi connectivity index (χ3n) is 4.77. The summed E-state index contributed by atoms with van der Waals surface area (Å²) in [5.74, 6) is 0.174.